The molecule has 0 amide bonds. The summed E-state index contributed by atoms with van der Waals surface area (Å²) in [5.74, 6) is 1.61. The van der Waals surface area contributed by atoms with E-state index in [4.69, 9.17) is 22.4 Å². The largest absolute Gasteiger partial charge is 0.460 e. The van der Waals surface area contributed by atoms with Gasteiger partial charge >= 0.3 is 5.97 Å². The Kier molecular flexibility index (Phi) is 4.73. The number of ether oxygens (including phenoxy) is 1. The summed E-state index contributed by atoms with van der Waals surface area (Å²) in [6.45, 7) is 5.41. The molecule has 0 saturated heterocycles. The predicted molar refractivity (Wildman–Crippen MR) is 88.0 cm³/mol. The number of nitrogens with one attached hydrogen (secondary N) is 2. The van der Waals surface area contributed by atoms with E-state index < -0.39 is 0 Å². The molecule has 0 aliphatic carbocycles. The van der Waals surface area contributed by atoms with E-state index in [0.29, 0.717) is 21.8 Å². The van der Waals surface area contributed by atoms with Crippen molar-refractivity contribution in [2.75, 3.05) is 0 Å². The molecular weight excluding hydrogens is 304 g/mol. The van der Waals surface area contributed by atoms with Crippen LogP contribution in [0.2, 0.25) is 0 Å². The minimum Gasteiger partial charge on any atom is -0.460 e. The van der Waals surface area contributed by atoms with Gasteiger partial charge in [0.2, 0.25) is 0 Å². The molecule has 1 atom stereocenters. The van der Waals surface area contributed by atoms with Gasteiger partial charge in [0.25, 0.3) is 0 Å². The summed E-state index contributed by atoms with van der Waals surface area (Å²) < 4.78 is 5.34. The number of thiocarbonyl (C=S) groups is 1. The topological polar surface area (TPSA) is 62.2 Å². The molecule has 0 bridgehead atoms. The molecule has 6 heteroatoms. The first-order valence-corrected chi connectivity index (χ1v) is 7.80. The fourth-order valence-corrected chi connectivity index (χ4v) is 3.38. The van der Waals surface area contributed by atoms with Crippen molar-refractivity contribution in [3.05, 3.63) is 39.2 Å². The molecule has 0 fully saturated rings. The summed E-state index contributed by atoms with van der Waals surface area (Å²) in [5, 5.41) is 12.4. The van der Waals surface area contributed by atoms with Gasteiger partial charge in [0.1, 0.15) is 4.99 Å². The van der Waals surface area contributed by atoms with Crippen molar-refractivity contribution in [2.45, 2.75) is 32.8 Å². The molecule has 4 nitrogen and oxygen atoms in total. The molecule has 0 aromatic carbocycles. The second-order valence-electron chi connectivity index (χ2n) is 4.93. The highest BCUT2D eigenvalue weighted by atomic mass is 32.1. The van der Waals surface area contributed by atoms with Crippen molar-refractivity contribution >= 4 is 40.4 Å². The fourth-order valence-electron chi connectivity index (χ4n) is 2.21. The Hall–Kier alpha value is -1.75. The van der Waals surface area contributed by atoms with Crippen molar-refractivity contribution < 1.29 is 9.53 Å². The molecule has 1 aliphatic rings. The van der Waals surface area contributed by atoms with E-state index >= 15 is 0 Å². The highest BCUT2D eigenvalue weighted by Crippen LogP contribution is 2.38. The summed E-state index contributed by atoms with van der Waals surface area (Å²) in [6, 6.07) is 3.84. The van der Waals surface area contributed by atoms with Gasteiger partial charge in [-0.2, -0.15) is 0 Å². The van der Waals surface area contributed by atoms with Gasteiger partial charge in [0.15, 0.2) is 0 Å². The minimum absolute atomic E-state index is 0.205. The van der Waals surface area contributed by atoms with E-state index in [1.165, 1.54) is 11.3 Å². The Balaban J connectivity index is 2.56. The maximum absolute atomic E-state index is 12.4. The van der Waals surface area contributed by atoms with Crippen LogP contribution in [0.3, 0.4) is 0 Å². The van der Waals surface area contributed by atoms with Gasteiger partial charge in [0, 0.05) is 10.6 Å². The molecule has 0 spiro atoms. The van der Waals surface area contributed by atoms with Crippen LogP contribution in [-0.4, -0.2) is 22.9 Å². The quantitative estimate of drug-likeness (QED) is 0.389. The first kappa shape index (κ1) is 15.6. The number of carbonyl (C=O) groups is 1. The van der Waals surface area contributed by atoms with E-state index in [9.17, 15) is 4.79 Å². The molecule has 2 rings (SSSR count). The summed E-state index contributed by atoms with van der Waals surface area (Å²) >= 11 is 6.79. The number of rotatable bonds is 3. The number of allylic oxidation sites excluding steroid dienone is 1. The molecule has 1 aliphatic heterocycles. The molecule has 0 radical (unpaired) electrons. The predicted octanol–water partition coefficient (Wildman–Crippen LogP) is 3.16. The van der Waals surface area contributed by atoms with E-state index in [-0.39, 0.29) is 18.0 Å². The van der Waals surface area contributed by atoms with Crippen molar-refractivity contribution in [2.24, 2.45) is 0 Å². The third kappa shape index (κ3) is 3.13. The summed E-state index contributed by atoms with van der Waals surface area (Å²) in [4.78, 5) is 13.8. The normalized spacial score (nSPS) is 18.6. The lowest BCUT2D eigenvalue weighted by atomic mass is 9.86. The van der Waals surface area contributed by atoms with E-state index in [0.717, 1.165) is 4.88 Å². The van der Waals surface area contributed by atoms with Crippen LogP contribution in [0.4, 0.5) is 0 Å². The molecule has 0 saturated carbocycles. The van der Waals surface area contributed by atoms with Crippen LogP contribution in [0.15, 0.2) is 34.4 Å². The molecule has 2 heterocycles. The summed E-state index contributed by atoms with van der Waals surface area (Å²) in [7, 11) is 0. The van der Waals surface area contributed by atoms with E-state index in [1.807, 2.05) is 31.4 Å². The van der Waals surface area contributed by atoms with Gasteiger partial charge in [-0.3, -0.25) is 5.41 Å². The van der Waals surface area contributed by atoms with Crippen LogP contribution in [0, 0.1) is 5.41 Å². The van der Waals surface area contributed by atoms with Crippen molar-refractivity contribution in [3.63, 3.8) is 0 Å². The van der Waals surface area contributed by atoms with Gasteiger partial charge in [0.05, 0.1) is 23.2 Å². The third-order valence-electron chi connectivity index (χ3n) is 3.05. The first-order valence-electron chi connectivity index (χ1n) is 6.51. The van der Waals surface area contributed by atoms with Crippen LogP contribution in [0.25, 0.3) is 0 Å². The molecule has 2 N–H and O–H groups in total. The van der Waals surface area contributed by atoms with Gasteiger partial charge in [-0.25, -0.2) is 4.79 Å². The SMILES string of the molecule is CC1=C(C(=O)OC(C)C)C(c2cccs2)C(=C=N)C(=S)N1. The minimum atomic E-state index is -0.387. The zero-order valence-corrected chi connectivity index (χ0v) is 13.7. The van der Waals surface area contributed by atoms with Crippen molar-refractivity contribution in [1.82, 2.24) is 5.32 Å². The lowest BCUT2D eigenvalue weighted by Crippen LogP contribution is -2.35. The van der Waals surface area contributed by atoms with Gasteiger partial charge in [-0.1, -0.05) is 18.3 Å². The second-order valence-corrected chi connectivity index (χ2v) is 6.32. The summed E-state index contributed by atoms with van der Waals surface area (Å²) in [5.41, 5.74) is 1.66. The highest BCUT2D eigenvalue weighted by molar-refractivity contribution is 7.80. The average molecular weight is 320 g/mol. The van der Waals surface area contributed by atoms with E-state index in [2.05, 4.69) is 11.2 Å². The summed E-state index contributed by atoms with van der Waals surface area (Å²) in [6.07, 6.45) is -0.205. The molecule has 1 unspecified atom stereocenters. The molecule has 1 aromatic heterocycles. The van der Waals surface area contributed by atoms with Crippen LogP contribution >= 0.6 is 23.6 Å². The van der Waals surface area contributed by atoms with Crippen LogP contribution in [0.5, 0.6) is 0 Å². The van der Waals surface area contributed by atoms with Gasteiger partial charge in [-0.15, -0.1) is 11.3 Å². The standard InChI is InChI=1S/C15H16N2O2S2/c1-8(2)19-15(18)12-9(3)17-14(20)10(7-16)13(12)11-5-4-6-21-11/h4-6,8,13,16H,1-3H3,(H,17,20). The number of esters is 1. The van der Waals surface area contributed by atoms with Crippen molar-refractivity contribution in [3.8, 4) is 0 Å². The highest BCUT2D eigenvalue weighted by Gasteiger charge is 2.36. The Morgan fingerprint density at radius 2 is 2.29 bits per heavy atom. The molecule has 21 heavy (non-hydrogen) atoms. The zero-order chi connectivity index (χ0) is 15.6. The maximum atomic E-state index is 12.4. The van der Waals surface area contributed by atoms with Crippen LogP contribution in [0.1, 0.15) is 31.6 Å². The maximum Gasteiger partial charge on any atom is 0.337 e. The van der Waals surface area contributed by atoms with Crippen molar-refractivity contribution in [1.29, 1.82) is 5.41 Å². The molecule has 1 aromatic rings. The molecule has 110 valence electrons. The Morgan fingerprint density at radius 3 is 2.81 bits per heavy atom. The van der Waals surface area contributed by atoms with Crippen LogP contribution in [-0.2, 0) is 9.53 Å². The Morgan fingerprint density at radius 1 is 1.57 bits per heavy atom. The van der Waals surface area contributed by atoms with Gasteiger partial charge in [-0.05, 0) is 38.1 Å². The van der Waals surface area contributed by atoms with E-state index in [1.54, 1.807) is 6.92 Å². The first-order chi connectivity index (χ1) is 9.95. The fraction of sp³-hybridized carbons (Fsp3) is 0.333. The smallest absolute Gasteiger partial charge is 0.337 e. The Bertz CT molecular complexity index is 653. The lowest BCUT2D eigenvalue weighted by molar-refractivity contribution is -0.143. The average Bonchev–Trinajstić information content (AvgIpc) is 2.90. The lowest BCUT2D eigenvalue weighted by Gasteiger charge is -2.28. The number of hydrogen-bond donors (Lipinski definition) is 2. The van der Waals surface area contributed by atoms with Crippen LogP contribution < -0.4 is 5.32 Å². The number of carbonyl (C=O) groups excluding carboxylic acids is 1. The monoisotopic (exact) mass is 320 g/mol. The second kappa shape index (κ2) is 6.35. The molecular formula is C15H16N2O2S2. The number of thiophene rings is 1. The third-order valence-corrected chi connectivity index (χ3v) is 4.31. The number of hydrogen-bond acceptors (Lipinski definition) is 5. The Labute approximate surface area is 133 Å². The zero-order valence-electron chi connectivity index (χ0n) is 12.0. The van der Waals surface area contributed by atoms with Gasteiger partial charge < -0.3 is 10.1 Å².